The van der Waals surface area contributed by atoms with Gasteiger partial charge in [-0.25, -0.2) is 0 Å². The van der Waals surface area contributed by atoms with E-state index in [-0.39, 0.29) is 0 Å². The summed E-state index contributed by atoms with van der Waals surface area (Å²) in [6, 6.07) is 0. The first-order chi connectivity index (χ1) is 22.7. The molecule has 3 fully saturated rings. The van der Waals surface area contributed by atoms with Gasteiger partial charge in [-0.3, -0.25) is 0 Å². The Morgan fingerprint density at radius 3 is 2.30 bits per heavy atom. The van der Waals surface area contributed by atoms with Gasteiger partial charge in [-0.1, -0.05) is 117 Å². The lowest BCUT2D eigenvalue weighted by atomic mass is 9.47. The lowest BCUT2D eigenvalue weighted by molar-refractivity contribution is -0.0641. The number of ether oxygens (including phenoxy) is 3. The molecular weight excluding hydrogens is 576 g/mol. The molecule has 9 atom stereocenters. The van der Waals surface area contributed by atoms with Crippen LogP contribution in [-0.4, -0.2) is 39.1 Å². The van der Waals surface area contributed by atoms with Crippen molar-refractivity contribution in [2.45, 2.75) is 170 Å². The fraction of sp³-hybridized carbons (Fsp3) is 0.909. The zero-order chi connectivity index (χ0) is 33.7. The standard InChI is InChI=1S/C44H78O3/c1-8-9-14-28-45-32-35(4)33-46-29-15-12-10-11-13-16-30-47-38-24-26-43(6)37(31-38)20-21-39-41-23-22-40(36(5)19-17-18-34(2)3)44(41,7)27-25-42(39)43/h9,14,20,34-36,38-42H,8,10-13,15-19,21-33H2,1-7H3/b14-9-/t35?,36-,38?,39+,40-,41+,42+,43+,44-/m1/s1. The van der Waals surface area contributed by atoms with Crippen molar-refractivity contribution in [3.8, 4) is 0 Å². The quantitative estimate of drug-likeness (QED) is 0.0859. The highest BCUT2D eigenvalue weighted by Crippen LogP contribution is 2.67. The summed E-state index contributed by atoms with van der Waals surface area (Å²) in [4.78, 5) is 0. The summed E-state index contributed by atoms with van der Waals surface area (Å²) in [6.07, 6.45) is 31.6. The van der Waals surface area contributed by atoms with E-state index in [9.17, 15) is 0 Å². The van der Waals surface area contributed by atoms with Crippen LogP contribution in [0.3, 0.4) is 0 Å². The minimum absolute atomic E-state index is 0.437. The van der Waals surface area contributed by atoms with Crippen molar-refractivity contribution < 1.29 is 14.2 Å². The number of unbranched alkanes of at least 4 members (excludes halogenated alkanes) is 5. The monoisotopic (exact) mass is 655 g/mol. The Bertz CT molecular complexity index is 938. The molecule has 0 spiro atoms. The molecule has 0 amide bonds. The van der Waals surface area contributed by atoms with E-state index in [1.54, 1.807) is 5.57 Å². The predicted molar refractivity (Wildman–Crippen MR) is 201 cm³/mol. The fourth-order valence-electron chi connectivity index (χ4n) is 11.0. The van der Waals surface area contributed by atoms with Gasteiger partial charge in [-0.2, -0.15) is 0 Å². The van der Waals surface area contributed by atoms with Gasteiger partial charge in [0.15, 0.2) is 0 Å². The van der Waals surface area contributed by atoms with Gasteiger partial charge in [0, 0.05) is 19.1 Å². The Morgan fingerprint density at radius 2 is 1.53 bits per heavy atom. The maximum absolute atomic E-state index is 6.54. The van der Waals surface area contributed by atoms with Crippen LogP contribution in [0.4, 0.5) is 0 Å². The van der Waals surface area contributed by atoms with Gasteiger partial charge in [0.25, 0.3) is 0 Å². The van der Waals surface area contributed by atoms with Gasteiger partial charge in [-0.05, 0) is 117 Å². The number of rotatable bonds is 22. The van der Waals surface area contributed by atoms with Crippen molar-refractivity contribution in [3.63, 3.8) is 0 Å². The SMILES string of the molecule is CC/C=C\COCC(C)COCCCCCCCCOC1CC[C@@]2(C)C(=CC[C@H]3[C@@H]4CC[C@H]([C@H](C)CCCC(C)C)[C@@]4(C)CC[C@@H]32)C1. The molecule has 4 aliphatic rings. The molecule has 2 unspecified atom stereocenters. The smallest absolute Gasteiger partial charge is 0.0647 e. The highest BCUT2D eigenvalue weighted by atomic mass is 16.5. The lowest BCUT2D eigenvalue weighted by Crippen LogP contribution is -2.51. The summed E-state index contributed by atoms with van der Waals surface area (Å²) >= 11 is 0. The Hall–Kier alpha value is -0.640. The summed E-state index contributed by atoms with van der Waals surface area (Å²) in [5.41, 5.74) is 2.81. The van der Waals surface area contributed by atoms with E-state index in [2.05, 4.69) is 66.7 Å². The molecule has 0 radical (unpaired) electrons. The molecule has 0 saturated heterocycles. The predicted octanol–water partition coefficient (Wildman–Crippen LogP) is 12.4. The highest BCUT2D eigenvalue weighted by Gasteiger charge is 2.59. The van der Waals surface area contributed by atoms with E-state index in [0.717, 1.165) is 75.0 Å². The van der Waals surface area contributed by atoms with Crippen LogP contribution in [0.5, 0.6) is 0 Å². The van der Waals surface area contributed by atoms with Crippen molar-refractivity contribution in [2.24, 2.45) is 52.3 Å². The first-order valence-electron chi connectivity index (χ1n) is 20.8. The van der Waals surface area contributed by atoms with E-state index in [4.69, 9.17) is 14.2 Å². The second-order valence-corrected chi connectivity index (χ2v) is 17.7. The maximum atomic E-state index is 6.54. The molecule has 0 N–H and O–H groups in total. The van der Waals surface area contributed by atoms with Crippen molar-refractivity contribution in [1.29, 1.82) is 0 Å². The average molecular weight is 655 g/mol. The molecule has 47 heavy (non-hydrogen) atoms. The molecule has 0 aromatic rings. The summed E-state index contributed by atoms with van der Waals surface area (Å²) in [5, 5.41) is 0. The molecule has 3 saturated carbocycles. The summed E-state index contributed by atoms with van der Waals surface area (Å²) < 4.78 is 18.1. The van der Waals surface area contributed by atoms with E-state index in [0.29, 0.717) is 22.9 Å². The van der Waals surface area contributed by atoms with Crippen molar-refractivity contribution in [1.82, 2.24) is 0 Å². The topological polar surface area (TPSA) is 27.7 Å². The third-order valence-corrected chi connectivity index (χ3v) is 13.7. The van der Waals surface area contributed by atoms with Gasteiger partial charge < -0.3 is 14.2 Å². The van der Waals surface area contributed by atoms with Crippen LogP contribution in [0, 0.1) is 52.3 Å². The van der Waals surface area contributed by atoms with Crippen LogP contribution < -0.4 is 0 Å². The van der Waals surface area contributed by atoms with Crippen molar-refractivity contribution in [2.75, 3.05) is 33.0 Å². The third-order valence-electron chi connectivity index (χ3n) is 13.7. The number of hydrogen-bond donors (Lipinski definition) is 0. The third kappa shape index (κ3) is 10.9. The van der Waals surface area contributed by atoms with Crippen LogP contribution in [0.2, 0.25) is 0 Å². The molecule has 0 aromatic heterocycles. The Balaban J connectivity index is 1.08. The molecule has 4 aliphatic carbocycles. The molecule has 0 aromatic carbocycles. The summed E-state index contributed by atoms with van der Waals surface area (Å²) in [5.74, 6) is 5.99. The second kappa shape index (κ2) is 19.7. The van der Waals surface area contributed by atoms with Gasteiger partial charge >= 0.3 is 0 Å². The summed E-state index contributed by atoms with van der Waals surface area (Å²) in [6.45, 7) is 21.3. The molecule has 0 aliphatic heterocycles. The van der Waals surface area contributed by atoms with E-state index in [1.807, 2.05) is 0 Å². The second-order valence-electron chi connectivity index (χ2n) is 17.7. The van der Waals surface area contributed by atoms with Crippen molar-refractivity contribution >= 4 is 0 Å². The molecule has 3 nitrogen and oxygen atoms in total. The Kier molecular flexibility index (Phi) is 16.4. The normalized spacial score (nSPS) is 33.4. The molecule has 0 bridgehead atoms. The van der Waals surface area contributed by atoms with E-state index in [1.165, 1.54) is 109 Å². The molecular formula is C44H78O3. The minimum Gasteiger partial charge on any atom is -0.381 e. The highest BCUT2D eigenvalue weighted by molar-refractivity contribution is 5.25. The molecule has 272 valence electrons. The van der Waals surface area contributed by atoms with Gasteiger partial charge in [0.1, 0.15) is 0 Å². The van der Waals surface area contributed by atoms with Gasteiger partial charge in [-0.15, -0.1) is 0 Å². The largest absolute Gasteiger partial charge is 0.381 e. The first-order valence-corrected chi connectivity index (χ1v) is 20.8. The number of allylic oxidation sites excluding steroid dienone is 2. The van der Waals surface area contributed by atoms with Crippen LogP contribution >= 0.6 is 0 Å². The minimum atomic E-state index is 0.437. The Morgan fingerprint density at radius 1 is 0.787 bits per heavy atom. The zero-order valence-electron chi connectivity index (χ0n) is 32.3. The lowest BCUT2D eigenvalue weighted by Gasteiger charge is -2.58. The fourth-order valence-corrected chi connectivity index (χ4v) is 11.0. The van der Waals surface area contributed by atoms with Gasteiger partial charge in [0.2, 0.25) is 0 Å². The maximum Gasteiger partial charge on any atom is 0.0647 e. The van der Waals surface area contributed by atoms with Gasteiger partial charge in [0.05, 0.1) is 25.9 Å². The molecule has 0 heterocycles. The van der Waals surface area contributed by atoms with Crippen molar-refractivity contribution in [3.05, 3.63) is 23.8 Å². The Labute approximate surface area is 292 Å². The van der Waals surface area contributed by atoms with E-state index >= 15 is 0 Å². The first kappa shape index (κ1) is 39.2. The average Bonchev–Trinajstić information content (AvgIpc) is 3.40. The number of hydrogen-bond acceptors (Lipinski definition) is 3. The summed E-state index contributed by atoms with van der Waals surface area (Å²) in [7, 11) is 0. The molecule has 3 heteroatoms. The molecule has 4 rings (SSSR count). The zero-order valence-corrected chi connectivity index (χ0v) is 32.3. The van der Waals surface area contributed by atoms with E-state index < -0.39 is 0 Å². The number of fused-ring (bicyclic) bond motifs is 5. The van der Waals surface area contributed by atoms with Crippen LogP contribution in [0.15, 0.2) is 23.8 Å². The van der Waals surface area contributed by atoms with Crippen LogP contribution in [-0.2, 0) is 14.2 Å². The van der Waals surface area contributed by atoms with Crippen LogP contribution in [0.25, 0.3) is 0 Å². The van der Waals surface area contributed by atoms with Crippen LogP contribution in [0.1, 0.15) is 164 Å².